The molecule has 0 atom stereocenters. The van der Waals surface area contributed by atoms with Crippen molar-refractivity contribution in [3.63, 3.8) is 0 Å². The molecule has 0 radical (unpaired) electrons. The number of nitro groups is 1. The Balaban J connectivity index is 3.36. The highest BCUT2D eigenvalue weighted by atomic mass is 79.9. The van der Waals surface area contributed by atoms with Crippen LogP contribution in [0.5, 0.6) is 5.88 Å². The second-order valence-corrected chi connectivity index (χ2v) is 3.57. The summed E-state index contributed by atoms with van der Waals surface area (Å²) in [5.74, 6) is -1.05. The molecule has 0 aliphatic carbocycles. The molecule has 17 heavy (non-hydrogen) atoms. The molecular weight excluding hydrogens is 309 g/mol. The Hall–Kier alpha value is -1.38. The van der Waals surface area contributed by atoms with Crippen LogP contribution in [0.15, 0.2) is 6.20 Å². The summed E-state index contributed by atoms with van der Waals surface area (Å²) in [6.45, 7) is 1.51. The van der Waals surface area contributed by atoms with Crippen LogP contribution in [0.4, 0.5) is 18.9 Å². The van der Waals surface area contributed by atoms with E-state index >= 15 is 0 Å². The molecule has 0 amide bonds. The van der Waals surface area contributed by atoms with Gasteiger partial charge in [0, 0.05) is 11.5 Å². The first-order chi connectivity index (χ1) is 7.76. The molecule has 0 N–H and O–H groups in total. The predicted octanol–water partition coefficient (Wildman–Crippen LogP) is 3.09. The first-order valence-electron chi connectivity index (χ1n) is 4.21. The third-order valence-corrected chi connectivity index (χ3v) is 2.43. The summed E-state index contributed by atoms with van der Waals surface area (Å²) in [6.07, 6.45) is -3.93. The van der Waals surface area contributed by atoms with Gasteiger partial charge in [0.05, 0.1) is 10.5 Å². The van der Waals surface area contributed by atoms with E-state index in [9.17, 15) is 23.3 Å². The average molecular weight is 315 g/mol. The highest BCUT2D eigenvalue weighted by Gasteiger charge is 2.36. The van der Waals surface area contributed by atoms with Crippen molar-refractivity contribution in [1.29, 1.82) is 0 Å². The normalized spacial score (nSPS) is 11.4. The molecule has 9 heteroatoms. The quantitative estimate of drug-likeness (QED) is 0.488. The van der Waals surface area contributed by atoms with Gasteiger partial charge in [-0.1, -0.05) is 15.9 Å². The van der Waals surface area contributed by atoms with E-state index in [0.29, 0.717) is 5.56 Å². The molecular formula is C8H6BrF3N2O3. The molecule has 1 aromatic rings. The average Bonchev–Trinajstić information content (AvgIpc) is 2.17. The number of hydrogen-bond donors (Lipinski definition) is 0. The molecule has 0 saturated carbocycles. The summed E-state index contributed by atoms with van der Waals surface area (Å²) in [5.41, 5.74) is -0.272. The van der Waals surface area contributed by atoms with E-state index in [1.54, 1.807) is 0 Å². The molecule has 5 nitrogen and oxygen atoms in total. The van der Waals surface area contributed by atoms with Crippen molar-refractivity contribution in [2.75, 3.05) is 0 Å². The van der Waals surface area contributed by atoms with Crippen LogP contribution in [0.25, 0.3) is 0 Å². The Kier molecular flexibility index (Phi) is 3.91. The molecule has 0 fully saturated rings. The number of pyridine rings is 1. The Bertz CT molecular complexity index is 450. The smallest absolute Gasteiger partial charge is 0.381 e. The minimum atomic E-state index is -5.02. The summed E-state index contributed by atoms with van der Waals surface area (Å²) in [6, 6.07) is 0. The second-order valence-electron chi connectivity index (χ2n) is 3.01. The maximum absolute atomic E-state index is 12.0. The number of rotatable bonds is 3. The van der Waals surface area contributed by atoms with Gasteiger partial charge in [0.2, 0.25) is 0 Å². The zero-order valence-electron chi connectivity index (χ0n) is 8.42. The SMILES string of the molecule is Cc1cnc(OC(F)(F)F)c([N+](=O)[O-])c1CBr. The molecule has 0 aliphatic rings. The summed E-state index contributed by atoms with van der Waals surface area (Å²) < 4.78 is 39.6. The van der Waals surface area contributed by atoms with Gasteiger partial charge in [0.15, 0.2) is 0 Å². The first-order valence-corrected chi connectivity index (χ1v) is 5.33. The molecule has 0 unspecified atom stereocenters. The summed E-state index contributed by atoms with van der Waals surface area (Å²) in [4.78, 5) is 13.1. The van der Waals surface area contributed by atoms with E-state index in [-0.39, 0.29) is 10.9 Å². The van der Waals surface area contributed by atoms with Crippen molar-refractivity contribution in [3.05, 3.63) is 27.4 Å². The Labute approximate surface area is 102 Å². The van der Waals surface area contributed by atoms with Crippen molar-refractivity contribution in [2.45, 2.75) is 18.6 Å². The van der Waals surface area contributed by atoms with Crippen LogP contribution in [-0.2, 0) is 5.33 Å². The van der Waals surface area contributed by atoms with E-state index in [1.807, 2.05) is 0 Å². The molecule has 1 rings (SSSR count). The van der Waals surface area contributed by atoms with Crippen molar-refractivity contribution >= 4 is 21.6 Å². The molecule has 1 aromatic heterocycles. The fourth-order valence-electron chi connectivity index (χ4n) is 1.15. The van der Waals surface area contributed by atoms with Crippen molar-refractivity contribution in [2.24, 2.45) is 0 Å². The number of hydrogen-bond acceptors (Lipinski definition) is 4. The highest BCUT2D eigenvalue weighted by Crippen LogP contribution is 2.35. The van der Waals surface area contributed by atoms with E-state index in [0.717, 1.165) is 6.20 Å². The van der Waals surface area contributed by atoms with Gasteiger partial charge < -0.3 is 4.74 Å². The molecule has 0 aliphatic heterocycles. The number of aryl methyl sites for hydroxylation is 1. The molecule has 0 aromatic carbocycles. The van der Waals surface area contributed by atoms with Gasteiger partial charge in [-0.2, -0.15) is 0 Å². The fraction of sp³-hybridized carbons (Fsp3) is 0.375. The minimum Gasteiger partial charge on any atom is -0.381 e. The summed E-state index contributed by atoms with van der Waals surface area (Å²) in [5, 5.41) is 10.8. The fourth-order valence-corrected chi connectivity index (χ4v) is 1.86. The Morgan fingerprint density at radius 2 is 2.18 bits per heavy atom. The van der Waals surface area contributed by atoms with E-state index in [4.69, 9.17) is 0 Å². The van der Waals surface area contributed by atoms with Crippen LogP contribution in [0.3, 0.4) is 0 Å². The zero-order chi connectivity index (χ0) is 13.2. The molecule has 1 heterocycles. The van der Waals surface area contributed by atoms with Gasteiger partial charge >= 0.3 is 17.9 Å². The highest BCUT2D eigenvalue weighted by molar-refractivity contribution is 9.08. The van der Waals surface area contributed by atoms with Gasteiger partial charge in [-0.15, -0.1) is 13.2 Å². The van der Waals surface area contributed by atoms with Crippen LogP contribution in [-0.4, -0.2) is 16.3 Å². The number of halogens is 4. The van der Waals surface area contributed by atoms with Crippen molar-refractivity contribution in [1.82, 2.24) is 4.98 Å². The van der Waals surface area contributed by atoms with Gasteiger partial charge in [-0.05, 0) is 12.5 Å². The van der Waals surface area contributed by atoms with Crippen molar-refractivity contribution < 1.29 is 22.8 Å². The van der Waals surface area contributed by atoms with E-state index in [2.05, 4.69) is 25.7 Å². The topological polar surface area (TPSA) is 65.3 Å². The van der Waals surface area contributed by atoms with Gasteiger partial charge in [-0.3, -0.25) is 10.1 Å². The van der Waals surface area contributed by atoms with Crippen LogP contribution in [0.2, 0.25) is 0 Å². The lowest BCUT2D eigenvalue weighted by atomic mass is 10.1. The maximum atomic E-state index is 12.0. The third kappa shape index (κ3) is 3.29. The molecule has 94 valence electrons. The minimum absolute atomic E-state index is 0.0336. The molecule has 0 spiro atoms. The van der Waals surface area contributed by atoms with Gasteiger partial charge in [0.1, 0.15) is 0 Å². The largest absolute Gasteiger partial charge is 0.574 e. The molecule has 0 bridgehead atoms. The second kappa shape index (κ2) is 4.86. The third-order valence-electron chi connectivity index (χ3n) is 1.87. The lowest BCUT2D eigenvalue weighted by Gasteiger charge is -2.10. The summed E-state index contributed by atoms with van der Waals surface area (Å²) >= 11 is 2.97. The van der Waals surface area contributed by atoms with Crippen LogP contribution >= 0.6 is 15.9 Å². The van der Waals surface area contributed by atoms with Crippen LogP contribution in [0.1, 0.15) is 11.1 Å². The van der Waals surface area contributed by atoms with Crippen LogP contribution < -0.4 is 4.74 Å². The monoisotopic (exact) mass is 314 g/mol. The number of nitrogens with zero attached hydrogens (tertiary/aromatic N) is 2. The standard InChI is InChI=1S/C8H6BrF3N2O3/c1-4-3-13-7(17-8(10,11)12)6(14(15)16)5(4)2-9/h3H,2H2,1H3. The predicted molar refractivity (Wildman–Crippen MR) is 54.9 cm³/mol. The lowest BCUT2D eigenvalue weighted by Crippen LogP contribution is -2.19. The molecule has 0 saturated heterocycles. The Morgan fingerprint density at radius 1 is 1.59 bits per heavy atom. The van der Waals surface area contributed by atoms with E-state index < -0.39 is 22.9 Å². The maximum Gasteiger partial charge on any atom is 0.574 e. The van der Waals surface area contributed by atoms with Gasteiger partial charge in [0.25, 0.3) is 0 Å². The number of ether oxygens (including phenoxy) is 1. The number of alkyl halides is 4. The van der Waals surface area contributed by atoms with Gasteiger partial charge in [-0.25, -0.2) is 4.98 Å². The first kappa shape index (κ1) is 13.7. The zero-order valence-corrected chi connectivity index (χ0v) is 10.0. The van der Waals surface area contributed by atoms with E-state index in [1.165, 1.54) is 6.92 Å². The summed E-state index contributed by atoms with van der Waals surface area (Å²) in [7, 11) is 0. The Morgan fingerprint density at radius 3 is 2.59 bits per heavy atom. The number of aromatic nitrogens is 1. The van der Waals surface area contributed by atoms with Crippen LogP contribution in [0, 0.1) is 17.0 Å². The lowest BCUT2D eigenvalue weighted by molar-refractivity contribution is -0.389. The van der Waals surface area contributed by atoms with Crippen molar-refractivity contribution in [3.8, 4) is 5.88 Å².